The first-order valence-corrected chi connectivity index (χ1v) is 10.1. The SMILES string of the molecule is CC[S+]([O-])Nc1ccc(-c2cc(NCC3CC3)nc3[nH]ccc23)cc1F. The van der Waals surface area contributed by atoms with Crippen LogP contribution in [-0.4, -0.2) is 26.8 Å². The van der Waals surface area contributed by atoms with E-state index in [4.69, 9.17) is 0 Å². The molecule has 7 heteroatoms. The van der Waals surface area contributed by atoms with Gasteiger partial charge >= 0.3 is 0 Å². The Morgan fingerprint density at radius 2 is 2.15 bits per heavy atom. The number of hydrogen-bond donors (Lipinski definition) is 3. The molecule has 3 N–H and O–H groups in total. The first-order chi connectivity index (χ1) is 12.6. The molecule has 0 radical (unpaired) electrons. The summed E-state index contributed by atoms with van der Waals surface area (Å²) in [6.07, 6.45) is 4.37. The number of rotatable bonds is 7. The summed E-state index contributed by atoms with van der Waals surface area (Å²) in [6.45, 7) is 2.70. The van der Waals surface area contributed by atoms with Gasteiger partial charge < -0.3 is 14.9 Å². The molecule has 3 aromatic rings. The van der Waals surface area contributed by atoms with Crippen LogP contribution < -0.4 is 10.0 Å². The molecule has 1 aromatic carbocycles. The standard InChI is InChI=1S/C19H21FN4OS/c1-2-26(25)24-17-6-5-13(9-16(17)20)15-10-18(22-11-12-3-4-12)23-19-14(15)7-8-21-19/h5-10,12,24H,2-4,11H2,1H3,(H2,21,22,23). The number of benzene rings is 1. The Kier molecular flexibility index (Phi) is 4.74. The highest BCUT2D eigenvalue weighted by molar-refractivity contribution is 7.92. The van der Waals surface area contributed by atoms with Crippen LogP contribution in [0.4, 0.5) is 15.9 Å². The number of hydrogen-bond acceptors (Lipinski definition) is 4. The summed E-state index contributed by atoms with van der Waals surface area (Å²) in [7, 11) is 0. The van der Waals surface area contributed by atoms with Crippen molar-refractivity contribution in [2.75, 3.05) is 22.3 Å². The molecular formula is C19H21FN4OS. The molecule has 1 unspecified atom stereocenters. The van der Waals surface area contributed by atoms with E-state index in [1.54, 1.807) is 13.0 Å². The minimum atomic E-state index is -1.28. The van der Waals surface area contributed by atoms with Gasteiger partial charge in [0.2, 0.25) is 0 Å². The normalized spacial score (nSPS) is 15.2. The van der Waals surface area contributed by atoms with Crippen LogP contribution in [0.5, 0.6) is 0 Å². The molecule has 1 fully saturated rings. The maximum atomic E-state index is 14.5. The van der Waals surface area contributed by atoms with Gasteiger partial charge in [0.1, 0.15) is 22.9 Å². The number of pyridine rings is 1. The van der Waals surface area contributed by atoms with Gasteiger partial charge in [-0.1, -0.05) is 6.07 Å². The molecule has 1 aliphatic rings. The molecule has 1 atom stereocenters. The Labute approximate surface area is 154 Å². The maximum absolute atomic E-state index is 14.5. The minimum Gasteiger partial charge on any atom is -0.593 e. The smallest absolute Gasteiger partial charge is 0.151 e. The van der Waals surface area contributed by atoms with E-state index >= 15 is 0 Å². The Hall–Kier alpha value is -2.25. The fourth-order valence-corrected chi connectivity index (χ4v) is 3.45. The largest absolute Gasteiger partial charge is 0.593 e. The van der Waals surface area contributed by atoms with Gasteiger partial charge in [-0.2, -0.15) is 0 Å². The van der Waals surface area contributed by atoms with Crippen molar-refractivity contribution in [3.63, 3.8) is 0 Å². The molecule has 4 rings (SSSR count). The van der Waals surface area contributed by atoms with Gasteiger partial charge in [-0.05, 0) is 61.1 Å². The van der Waals surface area contributed by atoms with Gasteiger partial charge in [0, 0.05) is 18.1 Å². The molecule has 5 nitrogen and oxygen atoms in total. The number of H-pyrrole nitrogens is 1. The lowest BCUT2D eigenvalue weighted by molar-refractivity contribution is 0.599. The summed E-state index contributed by atoms with van der Waals surface area (Å²) in [4.78, 5) is 7.73. The lowest BCUT2D eigenvalue weighted by Gasteiger charge is -2.13. The zero-order valence-corrected chi connectivity index (χ0v) is 15.3. The van der Waals surface area contributed by atoms with Crippen LogP contribution in [-0.2, 0) is 11.4 Å². The highest BCUT2D eigenvalue weighted by atomic mass is 32.2. The zero-order chi connectivity index (χ0) is 18.1. The van der Waals surface area contributed by atoms with Crippen LogP contribution in [0.1, 0.15) is 19.8 Å². The Morgan fingerprint density at radius 3 is 2.88 bits per heavy atom. The number of aromatic nitrogens is 2. The van der Waals surface area contributed by atoms with Gasteiger partial charge in [-0.15, -0.1) is 0 Å². The van der Waals surface area contributed by atoms with Crippen LogP contribution in [0.3, 0.4) is 0 Å². The monoisotopic (exact) mass is 372 g/mol. The summed E-state index contributed by atoms with van der Waals surface area (Å²) in [5, 5.41) is 4.32. The van der Waals surface area contributed by atoms with Gasteiger partial charge in [0.25, 0.3) is 0 Å². The summed E-state index contributed by atoms with van der Waals surface area (Å²) in [6, 6.07) is 8.85. The Bertz CT molecular complexity index is 925. The first-order valence-electron chi connectivity index (χ1n) is 8.81. The highest BCUT2D eigenvalue weighted by Gasteiger charge is 2.21. The molecule has 0 bridgehead atoms. The fraction of sp³-hybridized carbons (Fsp3) is 0.316. The van der Waals surface area contributed by atoms with Gasteiger partial charge in [0.05, 0.1) is 11.4 Å². The number of anilines is 2. The lowest BCUT2D eigenvalue weighted by atomic mass is 10.0. The number of fused-ring (bicyclic) bond motifs is 1. The number of nitrogens with one attached hydrogen (secondary N) is 3. The molecule has 2 aromatic heterocycles. The third-order valence-electron chi connectivity index (χ3n) is 4.56. The summed E-state index contributed by atoms with van der Waals surface area (Å²) in [5.41, 5.74) is 2.70. The molecule has 136 valence electrons. The second-order valence-corrected chi connectivity index (χ2v) is 8.02. The summed E-state index contributed by atoms with van der Waals surface area (Å²) >= 11 is -1.28. The average Bonchev–Trinajstić information content (AvgIpc) is 3.36. The second kappa shape index (κ2) is 7.17. The number of aromatic amines is 1. The predicted molar refractivity (Wildman–Crippen MR) is 105 cm³/mol. The molecule has 1 saturated carbocycles. The molecule has 0 amide bonds. The molecule has 26 heavy (non-hydrogen) atoms. The van der Waals surface area contributed by atoms with Crippen molar-refractivity contribution >= 4 is 33.9 Å². The predicted octanol–water partition coefficient (Wildman–Crippen LogP) is 4.29. The molecule has 0 aliphatic heterocycles. The van der Waals surface area contributed by atoms with Crippen molar-refractivity contribution in [1.82, 2.24) is 9.97 Å². The maximum Gasteiger partial charge on any atom is 0.151 e. The van der Waals surface area contributed by atoms with Crippen LogP contribution >= 0.6 is 0 Å². The zero-order valence-electron chi connectivity index (χ0n) is 14.5. The third-order valence-corrected chi connectivity index (χ3v) is 5.54. The van der Waals surface area contributed by atoms with Crippen molar-refractivity contribution < 1.29 is 8.94 Å². The molecule has 2 heterocycles. The van der Waals surface area contributed by atoms with Crippen molar-refractivity contribution in [1.29, 1.82) is 0 Å². The van der Waals surface area contributed by atoms with E-state index in [1.807, 2.05) is 24.4 Å². The van der Waals surface area contributed by atoms with Crippen molar-refractivity contribution in [3.8, 4) is 11.1 Å². The number of nitrogens with zero attached hydrogens (tertiary/aromatic N) is 1. The number of halogens is 1. The molecule has 1 aliphatic carbocycles. The lowest BCUT2D eigenvalue weighted by Crippen LogP contribution is -2.15. The van der Waals surface area contributed by atoms with Crippen molar-refractivity contribution in [3.05, 3.63) is 42.3 Å². The minimum absolute atomic E-state index is 0.250. The van der Waals surface area contributed by atoms with Gasteiger partial charge in [-0.25, -0.2) is 14.1 Å². The van der Waals surface area contributed by atoms with Crippen LogP contribution in [0, 0.1) is 11.7 Å². The highest BCUT2D eigenvalue weighted by Crippen LogP contribution is 2.33. The van der Waals surface area contributed by atoms with Crippen molar-refractivity contribution in [2.45, 2.75) is 19.8 Å². The van der Waals surface area contributed by atoms with E-state index in [0.29, 0.717) is 5.75 Å². The van der Waals surface area contributed by atoms with E-state index in [0.717, 1.165) is 40.4 Å². The van der Waals surface area contributed by atoms with Crippen LogP contribution in [0.2, 0.25) is 0 Å². The topological polar surface area (TPSA) is 75.8 Å². The van der Waals surface area contributed by atoms with Gasteiger partial charge in [0.15, 0.2) is 5.82 Å². The first kappa shape index (κ1) is 17.2. The van der Waals surface area contributed by atoms with E-state index in [1.165, 1.54) is 18.9 Å². The van der Waals surface area contributed by atoms with Crippen LogP contribution in [0.25, 0.3) is 22.2 Å². The fourth-order valence-electron chi connectivity index (χ4n) is 2.90. The van der Waals surface area contributed by atoms with E-state index < -0.39 is 17.2 Å². The average molecular weight is 372 g/mol. The Balaban J connectivity index is 1.68. The Morgan fingerprint density at radius 1 is 1.31 bits per heavy atom. The quantitative estimate of drug-likeness (QED) is 0.541. The summed E-state index contributed by atoms with van der Waals surface area (Å²) < 4.78 is 28.8. The second-order valence-electron chi connectivity index (χ2n) is 6.55. The molecule has 0 spiro atoms. The van der Waals surface area contributed by atoms with E-state index in [-0.39, 0.29) is 5.69 Å². The van der Waals surface area contributed by atoms with Crippen LogP contribution in [0.15, 0.2) is 36.5 Å². The van der Waals surface area contributed by atoms with Crippen molar-refractivity contribution in [2.24, 2.45) is 5.92 Å². The molecule has 0 saturated heterocycles. The van der Waals surface area contributed by atoms with E-state index in [2.05, 4.69) is 20.0 Å². The van der Waals surface area contributed by atoms with Gasteiger partial charge in [-0.3, -0.25) is 0 Å². The molecular weight excluding hydrogens is 351 g/mol. The third kappa shape index (κ3) is 3.64. The summed E-state index contributed by atoms with van der Waals surface area (Å²) in [5.74, 6) is 1.53. The van der Waals surface area contributed by atoms with E-state index in [9.17, 15) is 8.94 Å².